The van der Waals surface area contributed by atoms with E-state index in [2.05, 4.69) is 43.0 Å². The van der Waals surface area contributed by atoms with Gasteiger partial charge in [-0.25, -0.2) is 0 Å². The summed E-state index contributed by atoms with van der Waals surface area (Å²) in [5.41, 5.74) is 1.76. The van der Waals surface area contributed by atoms with Gasteiger partial charge in [-0.15, -0.1) is 0 Å². The maximum atomic E-state index is 4.69. The zero-order chi connectivity index (χ0) is 13.0. The average molecular weight is 249 g/mol. The summed E-state index contributed by atoms with van der Waals surface area (Å²) in [6.45, 7) is 8.89. The second kappa shape index (κ2) is 5.87. The summed E-state index contributed by atoms with van der Waals surface area (Å²) < 4.78 is 2.07. The number of hydrogen-bond donors (Lipinski definition) is 1. The van der Waals surface area contributed by atoms with E-state index in [-0.39, 0.29) is 0 Å². The SMILES string of the molecule is CCCNCC1(Cc2ccn(C(C)C)n2)CCC1. The molecule has 3 heteroatoms. The maximum absolute atomic E-state index is 4.69. The van der Waals surface area contributed by atoms with Gasteiger partial charge >= 0.3 is 0 Å². The molecule has 18 heavy (non-hydrogen) atoms. The Morgan fingerprint density at radius 1 is 1.44 bits per heavy atom. The molecule has 1 aliphatic rings. The van der Waals surface area contributed by atoms with Crippen LogP contribution in [0.5, 0.6) is 0 Å². The Labute approximate surface area is 111 Å². The molecular weight excluding hydrogens is 222 g/mol. The van der Waals surface area contributed by atoms with Crippen molar-refractivity contribution in [1.82, 2.24) is 15.1 Å². The number of hydrogen-bond acceptors (Lipinski definition) is 2. The molecule has 2 rings (SSSR count). The first-order chi connectivity index (χ1) is 8.65. The second-order valence-corrected chi connectivity index (χ2v) is 6.09. The van der Waals surface area contributed by atoms with Crippen molar-refractivity contribution in [3.05, 3.63) is 18.0 Å². The highest BCUT2D eigenvalue weighted by Gasteiger charge is 2.37. The third-order valence-electron chi connectivity index (χ3n) is 4.09. The zero-order valence-corrected chi connectivity index (χ0v) is 12.1. The lowest BCUT2D eigenvalue weighted by Crippen LogP contribution is -2.42. The summed E-state index contributed by atoms with van der Waals surface area (Å²) >= 11 is 0. The lowest BCUT2D eigenvalue weighted by Gasteiger charge is -2.42. The molecule has 3 nitrogen and oxygen atoms in total. The Morgan fingerprint density at radius 3 is 2.72 bits per heavy atom. The third kappa shape index (κ3) is 3.14. The van der Waals surface area contributed by atoms with Gasteiger partial charge in [0.2, 0.25) is 0 Å². The van der Waals surface area contributed by atoms with Crippen LogP contribution in [0.3, 0.4) is 0 Å². The van der Waals surface area contributed by atoms with E-state index in [0.717, 1.165) is 19.5 Å². The van der Waals surface area contributed by atoms with E-state index in [1.54, 1.807) is 0 Å². The highest BCUT2D eigenvalue weighted by atomic mass is 15.3. The van der Waals surface area contributed by atoms with Crippen molar-refractivity contribution in [2.75, 3.05) is 13.1 Å². The molecule has 1 heterocycles. The molecule has 0 radical (unpaired) electrons. The standard InChI is InChI=1S/C15H27N3/c1-4-9-16-12-15(7-5-8-15)11-14-6-10-18(17-14)13(2)3/h6,10,13,16H,4-5,7-9,11-12H2,1-3H3. The lowest BCUT2D eigenvalue weighted by molar-refractivity contribution is 0.128. The van der Waals surface area contributed by atoms with Crippen LogP contribution in [0.2, 0.25) is 0 Å². The van der Waals surface area contributed by atoms with Crippen LogP contribution in [-0.2, 0) is 6.42 Å². The van der Waals surface area contributed by atoms with Gasteiger partial charge in [0.05, 0.1) is 5.69 Å². The van der Waals surface area contributed by atoms with Gasteiger partial charge in [0, 0.05) is 18.8 Å². The Balaban J connectivity index is 1.92. The predicted molar refractivity (Wildman–Crippen MR) is 75.8 cm³/mol. The van der Waals surface area contributed by atoms with Crippen molar-refractivity contribution in [2.24, 2.45) is 5.41 Å². The van der Waals surface area contributed by atoms with E-state index >= 15 is 0 Å². The Bertz CT molecular complexity index is 364. The molecule has 0 spiro atoms. The fraction of sp³-hybridized carbons (Fsp3) is 0.800. The van der Waals surface area contributed by atoms with Crippen LogP contribution in [0.15, 0.2) is 12.3 Å². The Kier molecular flexibility index (Phi) is 4.44. The van der Waals surface area contributed by atoms with E-state index in [1.165, 1.54) is 31.4 Å². The molecule has 1 saturated carbocycles. The molecule has 1 fully saturated rings. The molecule has 0 amide bonds. The monoisotopic (exact) mass is 249 g/mol. The van der Waals surface area contributed by atoms with Crippen molar-refractivity contribution < 1.29 is 0 Å². The smallest absolute Gasteiger partial charge is 0.0630 e. The highest BCUT2D eigenvalue weighted by molar-refractivity contribution is 5.06. The number of rotatable bonds is 7. The molecular formula is C15H27N3. The molecule has 0 saturated heterocycles. The molecule has 0 bridgehead atoms. The maximum Gasteiger partial charge on any atom is 0.0630 e. The van der Waals surface area contributed by atoms with Gasteiger partial charge in [-0.1, -0.05) is 13.3 Å². The fourth-order valence-electron chi connectivity index (χ4n) is 2.77. The van der Waals surface area contributed by atoms with E-state index in [9.17, 15) is 0 Å². The number of nitrogens with one attached hydrogen (secondary N) is 1. The molecule has 0 aromatic carbocycles. The van der Waals surface area contributed by atoms with Crippen molar-refractivity contribution >= 4 is 0 Å². The normalized spacial score (nSPS) is 18.0. The van der Waals surface area contributed by atoms with E-state index < -0.39 is 0 Å². The second-order valence-electron chi connectivity index (χ2n) is 6.09. The van der Waals surface area contributed by atoms with Crippen molar-refractivity contribution in [1.29, 1.82) is 0 Å². The number of nitrogens with zero attached hydrogens (tertiary/aromatic N) is 2. The molecule has 1 aromatic heterocycles. The van der Waals surface area contributed by atoms with Gasteiger partial charge in [0.25, 0.3) is 0 Å². The molecule has 0 atom stereocenters. The first-order valence-electron chi connectivity index (χ1n) is 7.40. The predicted octanol–water partition coefficient (Wildman–Crippen LogP) is 3.18. The van der Waals surface area contributed by atoms with E-state index in [4.69, 9.17) is 5.10 Å². The van der Waals surface area contributed by atoms with Gasteiger partial charge in [-0.05, 0) is 57.6 Å². The van der Waals surface area contributed by atoms with Crippen LogP contribution < -0.4 is 5.32 Å². The summed E-state index contributed by atoms with van der Waals surface area (Å²) in [5.74, 6) is 0. The van der Waals surface area contributed by atoms with Crippen LogP contribution in [0.25, 0.3) is 0 Å². The van der Waals surface area contributed by atoms with Crippen molar-refractivity contribution in [3.63, 3.8) is 0 Å². The topological polar surface area (TPSA) is 29.9 Å². The Morgan fingerprint density at radius 2 is 2.22 bits per heavy atom. The highest BCUT2D eigenvalue weighted by Crippen LogP contribution is 2.42. The van der Waals surface area contributed by atoms with Gasteiger partial charge in [-0.2, -0.15) is 5.10 Å². The van der Waals surface area contributed by atoms with Crippen LogP contribution >= 0.6 is 0 Å². The lowest BCUT2D eigenvalue weighted by atomic mass is 9.66. The summed E-state index contributed by atoms with van der Waals surface area (Å²) in [4.78, 5) is 0. The van der Waals surface area contributed by atoms with Crippen molar-refractivity contribution in [2.45, 2.75) is 58.9 Å². The van der Waals surface area contributed by atoms with Gasteiger partial charge in [-0.3, -0.25) is 4.68 Å². The molecule has 0 unspecified atom stereocenters. The minimum Gasteiger partial charge on any atom is -0.316 e. The van der Waals surface area contributed by atoms with Gasteiger partial charge < -0.3 is 5.32 Å². The third-order valence-corrected chi connectivity index (χ3v) is 4.09. The quantitative estimate of drug-likeness (QED) is 0.752. The molecule has 102 valence electrons. The fourth-order valence-corrected chi connectivity index (χ4v) is 2.77. The summed E-state index contributed by atoms with van der Waals surface area (Å²) in [6.07, 6.45) is 8.59. The van der Waals surface area contributed by atoms with Gasteiger partial charge in [0.15, 0.2) is 0 Å². The van der Waals surface area contributed by atoms with Gasteiger partial charge in [0.1, 0.15) is 0 Å². The average Bonchev–Trinajstić information content (AvgIpc) is 2.74. The first-order valence-corrected chi connectivity index (χ1v) is 7.40. The van der Waals surface area contributed by atoms with Crippen LogP contribution in [0, 0.1) is 5.41 Å². The van der Waals surface area contributed by atoms with E-state index in [1.807, 2.05) is 0 Å². The first kappa shape index (κ1) is 13.6. The minimum absolute atomic E-state index is 0.467. The molecule has 1 N–H and O–H groups in total. The molecule has 1 aromatic rings. The largest absolute Gasteiger partial charge is 0.316 e. The summed E-state index contributed by atoms with van der Waals surface area (Å²) in [6, 6.07) is 2.66. The molecule has 0 aliphatic heterocycles. The number of aromatic nitrogens is 2. The van der Waals surface area contributed by atoms with Crippen molar-refractivity contribution in [3.8, 4) is 0 Å². The molecule has 1 aliphatic carbocycles. The van der Waals surface area contributed by atoms with Crippen LogP contribution in [-0.4, -0.2) is 22.9 Å². The zero-order valence-electron chi connectivity index (χ0n) is 12.1. The van der Waals surface area contributed by atoms with E-state index in [0.29, 0.717) is 11.5 Å². The van der Waals surface area contributed by atoms with Crippen LogP contribution in [0.1, 0.15) is 58.2 Å². The Hall–Kier alpha value is -0.830. The summed E-state index contributed by atoms with van der Waals surface area (Å²) in [7, 11) is 0. The minimum atomic E-state index is 0.467. The summed E-state index contributed by atoms with van der Waals surface area (Å²) in [5, 5.41) is 8.29. The van der Waals surface area contributed by atoms with Crippen LogP contribution in [0.4, 0.5) is 0 Å².